The summed E-state index contributed by atoms with van der Waals surface area (Å²) >= 11 is 9.58. The zero-order chi connectivity index (χ0) is 16.5. The normalized spacial score (nSPS) is 10.9. The van der Waals surface area contributed by atoms with E-state index in [1.165, 1.54) is 0 Å². The summed E-state index contributed by atoms with van der Waals surface area (Å²) < 4.78 is 3.14. The van der Waals surface area contributed by atoms with Crippen molar-refractivity contribution < 1.29 is 0 Å². The fraction of sp³-hybridized carbons (Fsp3) is 0. The highest BCUT2D eigenvalue weighted by Crippen LogP contribution is 2.28. The van der Waals surface area contributed by atoms with Gasteiger partial charge in [0.25, 0.3) is 0 Å². The van der Waals surface area contributed by atoms with E-state index in [9.17, 15) is 0 Å². The maximum Gasteiger partial charge on any atom is 0.213 e. The fourth-order valence-corrected chi connectivity index (χ4v) is 3.11. The molecule has 0 amide bonds. The molecule has 0 atom stereocenters. The largest absolute Gasteiger partial charge is 0.325 e. The van der Waals surface area contributed by atoms with Crippen LogP contribution in [0.25, 0.3) is 16.7 Å². The highest BCUT2D eigenvalue weighted by Gasteiger charge is 2.12. The summed E-state index contributed by atoms with van der Waals surface area (Å²) in [5.41, 5.74) is 3.92. The molecule has 4 rings (SSSR count). The quantitative estimate of drug-likeness (QED) is 0.446. The number of hydrogen-bond acceptors (Lipinski definition) is 2. The molecule has 3 nitrogen and oxygen atoms in total. The molecule has 0 aliphatic carbocycles. The van der Waals surface area contributed by atoms with Crippen LogP contribution in [0, 0.1) is 0 Å². The molecular formula is C19H13BrClN3. The van der Waals surface area contributed by atoms with Crippen LogP contribution in [0.1, 0.15) is 0 Å². The van der Waals surface area contributed by atoms with Gasteiger partial charge >= 0.3 is 0 Å². The summed E-state index contributed by atoms with van der Waals surface area (Å²) in [4.78, 5) is 4.73. The van der Waals surface area contributed by atoms with Crippen LogP contribution in [0.2, 0.25) is 5.02 Å². The van der Waals surface area contributed by atoms with Gasteiger partial charge in [0.05, 0.1) is 11.0 Å². The molecule has 24 heavy (non-hydrogen) atoms. The molecule has 118 valence electrons. The molecule has 5 heteroatoms. The Balaban J connectivity index is 1.88. The molecule has 1 aromatic heterocycles. The van der Waals surface area contributed by atoms with Crippen molar-refractivity contribution in [1.82, 2.24) is 9.55 Å². The molecule has 0 fully saturated rings. The summed E-state index contributed by atoms with van der Waals surface area (Å²) in [7, 11) is 0. The maximum atomic E-state index is 6.09. The summed E-state index contributed by atoms with van der Waals surface area (Å²) in [5.74, 6) is 0.751. The second-order valence-corrected chi connectivity index (χ2v) is 6.72. The third kappa shape index (κ3) is 2.90. The standard InChI is InChI=1S/C19H13BrClN3/c20-13-8-10-16(11-9-13)24-18-7-2-1-6-17(18)23-19(24)22-15-5-3-4-14(21)12-15/h1-12H,(H,22,23). The van der Waals surface area contributed by atoms with Crippen LogP contribution >= 0.6 is 27.5 Å². The first-order valence-electron chi connectivity index (χ1n) is 7.47. The van der Waals surface area contributed by atoms with Crippen LogP contribution < -0.4 is 5.32 Å². The summed E-state index contributed by atoms with van der Waals surface area (Å²) in [5, 5.41) is 4.06. The Morgan fingerprint density at radius 2 is 1.71 bits per heavy atom. The lowest BCUT2D eigenvalue weighted by atomic mass is 10.3. The lowest BCUT2D eigenvalue weighted by Gasteiger charge is -2.11. The third-order valence-electron chi connectivity index (χ3n) is 3.73. The van der Waals surface area contributed by atoms with Crippen LogP contribution in [0.5, 0.6) is 0 Å². The Bertz CT molecular complexity index is 1010. The van der Waals surface area contributed by atoms with Gasteiger partial charge in [-0.25, -0.2) is 4.98 Å². The number of halogens is 2. The number of nitrogens with one attached hydrogen (secondary N) is 1. The predicted molar refractivity (Wildman–Crippen MR) is 104 cm³/mol. The number of rotatable bonds is 3. The van der Waals surface area contributed by atoms with Gasteiger partial charge in [0.1, 0.15) is 0 Å². The summed E-state index contributed by atoms with van der Waals surface area (Å²) in [6.07, 6.45) is 0. The summed E-state index contributed by atoms with van der Waals surface area (Å²) in [6, 6.07) is 23.9. The average Bonchev–Trinajstić information content (AvgIpc) is 2.93. The molecule has 0 saturated heterocycles. The number of aromatic nitrogens is 2. The van der Waals surface area contributed by atoms with Crippen molar-refractivity contribution >= 4 is 50.2 Å². The van der Waals surface area contributed by atoms with E-state index in [2.05, 4.69) is 44.0 Å². The topological polar surface area (TPSA) is 29.9 Å². The van der Waals surface area contributed by atoms with Crippen molar-refractivity contribution in [2.75, 3.05) is 5.32 Å². The first kappa shape index (κ1) is 15.2. The molecular weight excluding hydrogens is 386 g/mol. The fourth-order valence-electron chi connectivity index (χ4n) is 2.66. The Labute approximate surface area is 153 Å². The van der Waals surface area contributed by atoms with E-state index < -0.39 is 0 Å². The van der Waals surface area contributed by atoms with Crippen molar-refractivity contribution in [2.24, 2.45) is 0 Å². The zero-order valence-electron chi connectivity index (χ0n) is 12.6. The van der Waals surface area contributed by atoms with Gasteiger partial charge in [-0.15, -0.1) is 0 Å². The summed E-state index contributed by atoms with van der Waals surface area (Å²) in [6.45, 7) is 0. The highest BCUT2D eigenvalue weighted by atomic mass is 79.9. The molecule has 0 aliphatic rings. The molecule has 0 unspecified atom stereocenters. The van der Waals surface area contributed by atoms with Gasteiger partial charge in [0.15, 0.2) is 0 Å². The van der Waals surface area contributed by atoms with Gasteiger partial charge in [-0.3, -0.25) is 4.57 Å². The van der Waals surface area contributed by atoms with Crippen LogP contribution in [0.4, 0.5) is 11.6 Å². The molecule has 0 radical (unpaired) electrons. The van der Waals surface area contributed by atoms with Crippen molar-refractivity contribution in [1.29, 1.82) is 0 Å². The minimum atomic E-state index is 0.686. The van der Waals surface area contributed by atoms with E-state index >= 15 is 0 Å². The molecule has 4 aromatic rings. The van der Waals surface area contributed by atoms with Crippen molar-refractivity contribution in [2.45, 2.75) is 0 Å². The molecule has 3 aromatic carbocycles. The van der Waals surface area contributed by atoms with Gasteiger partial charge < -0.3 is 5.32 Å². The van der Waals surface area contributed by atoms with Gasteiger partial charge in [-0.1, -0.05) is 45.7 Å². The average molecular weight is 399 g/mol. The molecule has 0 aliphatic heterocycles. The number of benzene rings is 3. The number of para-hydroxylation sites is 2. The second-order valence-electron chi connectivity index (χ2n) is 5.37. The SMILES string of the molecule is Clc1cccc(Nc2nc3ccccc3n2-c2ccc(Br)cc2)c1. The van der Waals surface area contributed by atoms with E-state index in [4.69, 9.17) is 16.6 Å². The Kier molecular flexibility index (Phi) is 4.00. The Hall–Kier alpha value is -2.30. The molecule has 0 bridgehead atoms. The molecule has 0 saturated carbocycles. The smallest absolute Gasteiger partial charge is 0.213 e. The first-order chi connectivity index (χ1) is 11.7. The van der Waals surface area contributed by atoms with E-state index in [0.29, 0.717) is 5.02 Å². The number of nitrogens with zero attached hydrogens (tertiary/aromatic N) is 2. The monoisotopic (exact) mass is 397 g/mol. The third-order valence-corrected chi connectivity index (χ3v) is 4.49. The van der Waals surface area contributed by atoms with Crippen LogP contribution in [0.3, 0.4) is 0 Å². The van der Waals surface area contributed by atoms with E-state index in [1.54, 1.807) is 0 Å². The number of fused-ring (bicyclic) bond motifs is 1. The number of imidazole rings is 1. The Morgan fingerprint density at radius 1 is 0.917 bits per heavy atom. The van der Waals surface area contributed by atoms with Crippen molar-refractivity contribution in [3.05, 3.63) is 82.3 Å². The van der Waals surface area contributed by atoms with Crippen molar-refractivity contribution in [3.8, 4) is 5.69 Å². The van der Waals surface area contributed by atoms with Crippen LogP contribution in [-0.4, -0.2) is 9.55 Å². The molecule has 1 N–H and O–H groups in total. The van der Waals surface area contributed by atoms with Gasteiger partial charge in [0.2, 0.25) is 5.95 Å². The highest BCUT2D eigenvalue weighted by molar-refractivity contribution is 9.10. The number of anilines is 2. The predicted octanol–water partition coefficient (Wildman–Crippen LogP) is 6.19. The number of hydrogen-bond donors (Lipinski definition) is 1. The van der Waals surface area contributed by atoms with Gasteiger partial charge in [-0.05, 0) is 54.6 Å². The second kappa shape index (κ2) is 6.30. The minimum absolute atomic E-state index is 0.686. The van der Waals surface area contributed by atoms with E-state index in [0.717, 1.165) is 32.8 Å². The van der Waals surface area contributed by atoms with E-state index in [1.807, 2.05) is 54.6 Å². The maximum absolute atomic E-state index is 6.09. The van der Waals surface area contributed by atoms with Crippen LogP contribution in [-0.2, 0) is 0 Å². The minimum Gasteiger partial charge on any atom is -0.325 e. The van der Waals surface area contributed by atoms with E-state index in [-0.39, 0.29) is 0 Å². The Morgan fingerprint density at radius 3 is 2.50 bits per heavy atom. The molecule has 1 heterocycles. The van der Waals surface area contributed by atoms with Gasteiger partial charge in [-0.2, -0.15) is 0 Å². The van der Waals surface area contributed by atoms with Crippen molar-refractivity contribution in [3.63, 3.8) is 0 Å². The van der Waals surface area contributed by atoms with Crippen LogP contribution in [0.15, 0.2) is 77.3 Å². The van der Waals surface area contributed by atoms with Gasteiger partial charge in [0, 0.05) is 20.9 Å². The zero-order valence-corrected chi connectivity index (χ0v) is 14.9. The molecule has 0 spiro atoms. The lowest BCUT2D eigenvalue weighted by Crippen LogP contribution is -2.01. The lowest BCUT2D eigenvalue weighted by molar-refractivity contribution is 1.10. The first-order valence-corrected chi connectivity index (χ1v) is 8.64.